The molecule has 0 heterocycles. The zero-order valence-corrected chi connectivity index (χ0v) is 11.7. The quantitative estimate of drug-likeness (QED) is 0.874. The number of hydrogen-bond acceptors (Lipinski definition) is 2. The lowest BCUT2D eigenvalue weighted by Gasteiger charge is -2.06. The van der Waals surface area contributed by atoms with Crippen molar-refractivity contribution in [1.82, 2.24) is 0 Å². The van der Waals surface area contributed by atoms with E-state index in [1.807, 2.05) is 0 Å². The maximum atomic E-state index is 12.2. The third-order valence-electron chi connectivity index (χ3n) is 2.42. The van der Waals surface area contributed by atoms with Crippen LogP contribution >= 0.6 is 23.2 Å². The summed E-state index contributed by atoms with van der Waals surface area (Å²) in [5.41, 5.74) is 7.07. The van der Waals surface area contributed by atoms with E-state index in [2.05, 4.69) is 0 Å². The molecule has 1 unspecified atom stereocenters. The third kappa shape index (κ3) is 3.25. The summed E-state index contributed by atoms with van der Waals surface area (Å²) in [4.78, 5) is 0.681. The van der Waals surface area contributed by atoms with Gasteiger partial charge in [0.2, 0.25) is 0 Å². The number of hydrogen-bond donors (Lipinski definition) is 1. The van der Waals surface area contributed by atoms with Gasteiger partial charge in [0, 0.05) is 20.6 Å². The molecule has 2 rings (SSSR count). The molecule has 0 amide bonds. The van der Waals surface area contributed by atoms with Gasteiger partial charge in [-0.05, 0) is 42.0 Å². The van der Waals surface area contributed by atoms with Crippen LogP contribution in [0.2, 0.25) is 10.0 Å². The van der Waals surface area contributed by atoms with Crippen LogP contribution in [0.4, 0.5) is 5.69 Å². The largest absolute Gasteiger partial charge is 0.399 e. The summed E-state index contributed by atoms with van der Waals surface area (Å²) in [7, 11) is -1.19. The smallest absolute Gasteiger partial charge is 0.0575 e. The highest BCUT2D eigenvalue weighted by molar-refractivity contribution is 7.84. The molecule has 2 N–H and O–H groups in total. The summed E-state index contributed by atoms with van der Waals surface area (Å²) < 4.78 is 12.2. The Labute approximate surface area is 118 Å². The van der Waals surface area contributed by atoms with E-state index >= 15 is 0 Å². The molecule has 0 aliphatic carbocycles. The van der Waals surface area contributed by atoms with E-state index in [1.54, 1.807) is 42.5 Å². The van der Waals surface area contributed by atoms with Gasteiger partial charge in [-0.15, -0.1) is 0 Å². The molecule has 2 aromatic rings. The monoisotopic (exact) mass is 299 g/mol. The van der Waals surface area contributed by atoms with E-state index in [0.717, 1.165) is 5.56 Å². The average Bonchev–Trinajstić information content (AvgIpc) is 2.34. The highest BCUT2D eigenvalue weighted by atomic mass is 35.5. The molecule has 0 aromatic heterocycles. The standard InChI is InChI=1S/C13H11Cl2NOS/c14-10-2-1-3-12(7-10)18(17)8-9-6-11(16)4-5-13(9)15/h1-7H,8,16H2. The maximum Gasteiger partial charge on any atom is 0.0575 e. The molecule has 2 aromatic carbocycles. The molecule has 0 spiro atoms. The van der Waals surface area contributed by atoms with Crippen LogP contribution in [-0.2, 0) is 16.6 Å². The third-order valence-corrected chi connectivity index (χ3v) is 4.37. The molecule has 0 aliphatic rings. The van der Waals surface area contributed by atoms with Crippen molar-refractivity contribution in [3.63, 3.8) is 0 Å². The molecule has 0 bridgehead atoms. The Morgan fingerprint density at radius 2 is 1.89 bits per heavy atom. The first-order valence-corrected chi connectivity index (χ1v) is 7.31. The average molecular weight is 300 g/mol. The Hall–Kier alpha value is -1.03. The zero-order valence-electron chi connectivity index (χ0n) is 9.40. The Balaban J connectivity index is 2.24. The van der Waals surface area contributed by atoms with Crippen molar-refractivity contribution in [2.45, 2.75) is 10.6 Å². The molecule has 0 fully saturated rings. The molecule has 0 aliphatic heterocycles. The number of anilines is 1. The van der Waals surface area contributed by atoms with Crippen LogP contribution in [0.15, 0.2) is 47.4 Å². The van der Waals surface area contributed by atoms with Crippen molar-refractivity contribution in [1.29, 1.82) is 0 Å². The van der Waals surface area contributed by atoms with Gasteiger partial charge in [-0.1, -0.05) is 29.3 Å². The van der Waals surface area contributed by atoms with Gasteiger partial charge in [0.25, 0.3) is 0 Å². The number of benzene rings is 2. The van der Waals surface area contributed by atoms with Gasteiger partial charge >= 0.3 is 0 Å². The molecule has 5 heteroatoms. The topological polar surface area (TPSA) is 43.1 Å². The first-order chi connectivity index (χ1) is 8.56. The van der Waals surface area contributed by atoms with E-state index < -0.39 is 10.8 Å². The van der Waals surface area contributed by atoms with Crippen LogP contribution in [-0.4, -0.2) is 4.21 Å². The van der Waals surface area contributed by atoms with Crippen LogP contribution in [0.25, 0.3) is 0 Å². The Kier molecular flexibility index (Phi) is 4.27. The van der Waals surface area contributed by atoms with E-state index in [0.29, 0.717) is 26.4 Å². The van der Waals surface area contributed by atoms with Crippen molar-refractivity contribution in [2.75, 3.05) is 5.73 Å². The Morgan fingerprint density at radius 1 is 1.11 bits per heavy atom. The van der Waals surface area contributed by atoms with Crippen LogP contribution in [0.5, 0.6) is 0 Å². The summed E-state index contributed by atoms with van der Waals surface area (Å²) in [5, 5.41) is 1.14. The van der Waals surface area contributed by atoms with Crippen molar-refractivity contribution in [2.24, 2.45) is 0 Å². The molecule has 0 saturated carbocycles. The summed E-state index contributed by atoms with van der Waals surface area (Å²) in [5.74, 6) is 0.324. The van der Waals surface area contributed by atoms with Crippen LogP contribution in [0.1, 0.15) is 5.56 Å². The summed E-state index contributed by atoms with van der Waals surface area (Å²) >= 11 is 11.9. The van der Waals surface area contributed by atoms with E-state index in [1.165, 1.54) is 0 Å². The van der Waals surface area contributed by atoms with Gasteiger partial charge in [0.05, 0.1) is 16.6 Å². The van der Waals surface area contributed by atoms with Crippen LogP contribution in [0.3, 0.4) is 0 Å². The minimum Gasteiger partial charge on any atom is -0.399 e. The van der Waals surface area contributed by atoms with Crippen molar-refractivity contribution in [3.8, 4) is 0 Å². The molecule has 18 heavy (non-hydrogen) atoms. The number of nitrogens with two attached hydrogens (primary N) is 1. The van der Waals surface area contributed by atoms with Gasteiger partial charge in [0.15, 0.2) is 0 Å². The fourth-order valence-electron chi connectivity index (χ4n) is 1.54. The van der Waals surface area contributed by atoms with E-state index in [-0.39, 0.29) is 0 Å². The summed E-state index contributed by atoms with van der Waals surface area (Å²) in [6.07, 6.45) is 0. The number of rotatable bonds is 3. The van der Waals surface area contributed by atoms with Gasteiger partial charge in [0.1, 0.15) is 0 Å². The lowest BCUT2D eigenvalue weighted by Crippen LogP contribution is -1.98. The second kappa shape index (κ2) is 5.74. The predicted molar refractivity (Wildman–Crippen MR) is 77.4 cm³/mol. The lowest BCUT2D eigenvalue weighted by molar-refractivity contribution is 0.682. The summed E-state index contributed by atoms with van der Waals surface area (Å²) in [6.45, 7) is 0. The highest BCUT2D eigenvalue weighted by Gasteiger charge is 2.09. The second-order valence-electron chi connectivity index (χ2n) is 3.80. The van der Waals surface area contributed by atoms with Crippen molar-refractivity contribution >= 4 is 39.7 Å². The minimum absolute atomic E-state index is 0.324. The normalized spacial score (nSPS) is 12.3. The molecular weight excluding hydrogens is 289 g/mol. The molecule has 1 atom stereocenters. The first kappa shape index (κ1) is 13.4. The van der Waals surface area contributed by atoms with Crippen LogP contribution in [0, 0.1) is 0 Å². The second-order valence-corrected chi connectivity index (χ2v) is 6.09. The molecule has 0 saturated heterocycles. The molecule has 94 valence electrons. The molecular formula is C13H11Cl2NOS. The van der Waals surface area contributed by atoms with E-state index in [9.17, 15) is 4.21 Å². The van der Waals surface area contributed by atoms with Gasteiger partial charge in [-0.2, -0.15) is 0 Å². The summed E-state index contributed by atoms with van der Waals surface area (Å²) in [6, 6.07) is 12.2. The lowest BCUT2D eigenvalue weighted by atomic mass is 10.2. The number of halogens is 2. The molecule has 2 nitrogen and oxygen atoms in total. The van der Waals surface area contributed by atoms with Gasteiger partial charge in [-0.25, -0.2) is 0 Å². The van der Waals surface area contributed by atoms with Crippen molar-refractivity contribution in [3.05, 3.63) is 58.1 Å². The minimum atomic E-state index is -1.19. The number of nitrogen functional groups attached to an aromatic ring is 1. The maximum absolute atomic E-state index is 12.2. The van der Waals surface area contributed by atoms with Crippen LogP contribution < -0.4 is 5.73 Å². The highest BCUT2D eigenvalue weighted by Crippen LogP contribution is 2.23. The van der Waals surface area contributed by atoms with E-state index in [4.69, 9.17) is 28.9 Å². The predicted octanol–water partition coefficient (Wildman–Crippen LogP) is 3.88. The first-order valence-electron chi connectivity index (χ1n) is 5.24. The zero-order chi connectivity index (χ0) is 13.1. The fraction of sp³-hybridized carbons (Fsp3) is 0.0769. The SMILES string of the molecule is Nc1ccc(Cl)c(CS(=O)c2cccc(Cl)c2)c1. The molecule has 0 radical (unpaired) electrons. The Bertz CT molecular complexity index is 601. The Morgan fingerprint density at radius 3 is 2.61 bits per heavy atom. The van der Waals surface area contributed by atoms with Gasteiger partial charge < -0.3 is 5.73 Å². The van der Waals surface area contributed by atoms with Crippen molar-refractivity contribution < 1.29 is 4.21 Å². The van der Waals surface area contributed by atoms with Gasteiger partial charge in [-0.3, -0.25) is 4.21 Å². The fourth-order valence-corrected chi connectivity index (χ4v) is 3.23.